The Hall–Kier alpha value is -1.70. The first kappa shape index (κ1) is 13.7. The van der Waals surface area contributed by atoms with Crippen LogP contribution in [0.3, 0.4) is 0 Å². The van der Waals surface area contributed by atoms with Crippen molar-refractivity contribution in [2.45, 2.75) is 32.1 Å². The van der Waals surface area contributed by atoms with Gasteiger partial charge in [-0.2, -0.15) is 0 Å². The molecule has 1 aromatic carbocycles. The van der Waals surface area contributed by atoms with Crippen LogP contribution < -0.4 is 11.1 Å². The van der Waals surface area contributed by atoms with E-state index in [0.717, 1.165) is 11.4 Å². The second kappa shape index (κ2) is 6.46. The predicted octanol–water partition coefficient (Wildman–Crippen LogP) is 3.67. The lowest BCUT2D eigenvalue weighted by atomic mass is 9.79. The van der Waals surface area contributed by atoms with Crippen molar-refractivity contribution in [2.75, 3.05) is 7.05 Å². The van der Waals surface area contributed by atoms with Gasteiger partial charge in [-0.15, -0.1) is 0 Å². The zero-order chi connectivity index (χ0) is 13.7. The summed E-state index contributed by atoms with van der Waals surface area (Å²) < 4.78 is 0. The Balaban J connectivity index is 2.31. The minimum atomic E-state index is 0.550. The third-order valence-corrected chi connectivity index (χ3v) is 4.02. The van der Waals surface area contributed by atoms with Gasteiger partial charge in [-0.05, 0) is 29.9 Å². The van der Waals surface area contributed by atoms with Gasteiger partial charge < -0.3 is 11.1 Å². The first-order chi connectivity index (χ1) is 9.24. The van der Waals surface area contributed by atoms with Crippen LogP contribution in [0.5, 0.6) is 0 Å². The van der Waals surface area contributed by atoms with Gasteiger partial charge in [-0.25, -0.2) is 0 Å². The van der Waals surface area contributed by atoms with Gasteiger partial charge in [-0.3, -0.25) is 0 Å². The molecular formula is C17H24N2. The van der Waals surface area contributed by atoms with E-state index in [1.165, 1.54) is 43.2 Å². The van der Waals surface area contributed by atoms with E-state index in [1.54, 1.807) is 0 Å². The van der Waals surface area contributed by atoms with Crippen molar-refractivity contribution in [1.82, 2.24) is 5.32 Å². The summed E-state index contributed by atoms with van der Waals surface area (Å²) >= 11 is 0. The largest absolute Gasteiger partial charge is 0.385 e. The van der Waals surface area contributed by atoms with Crippen LogP contribution >= 0.6 is 0 Å². The van der Waals surface area contributed by atoms with Gasteiger partial charge in [0.2, 0.25) is 0 Å². The Bertz CT molecular complexity index is 453. The Morgan fingerprint density at radius 1 is 1.16 bits per heavy atom. The van der Waals surface area contributed by atoms with Crippen LogP contribution in [0, 0.1) is 5.92 Å². The van der Waals surface area contributed by atoms with Gasteiger partial charge in [0, 0.05) is 12.6 Å². The first-order valence-electron chi connectivity index (χ1n) is 7.16. The lowest BCUT2D eigenvalue weighted by Crippen LogP contribution is -2.23. The lowest BCUT2D eigenvalue weighted by Gasteiger charge is -2.27. The topological polar surface area (TPSA) is 38.0 Å². The van der Waals surface area contributed by atoms with Crippen LogP contribution in [0.25, 0.3) is 5.57 Å². The van der Waals surface area contributed by atoms with Crippen molar-refractivity contribution in [3.05, 3.63) is 53.9 Å². The molecule has 0 atom stereocenters. The normalized spacial score (nSPS) is 17.7. The fraction of sp³-hybridized carbons (Fsp3) is 0.412. The molecule has 2 nitrogen and oxygen atoms in total. The molecule has 2 heteroatoms. The maximum absolute atomic E-state index is 6.19. The summed E-state index contributed by atoms with van der Waals surface area (Å²) in [4.78, 5) is 0. The van der Waals surface area contributed by atoms with E-state index in [4.69, 9.17) is 5.73 Å². The van der Waals surface area contributed by atoms with Crippen LogP contribution in [-0.2, 0) is 0 Å². The van der Waals surface area contributed by atoms with Gasteiger partial charge >= 0.3 is 0 Å². The lowest BCUT2D eigenvalue weighted by molar-refractivity contribution is 0.406. The average Bonchev–Trinajstić information content (AvgIpc) is 2.49. The molecule has 1 aromatic rings. The van der Waals surface area contributed by atoms with Crippen LogP contribution in [-0.4, -0.2) is 7.05 Å². The predicted molar refractivity (Wildman–Crippen MR) is 82.3 cm³/mol. The van der Waals surface area contributed by atoms with Gasteiger partial charge in [0.15, 0.2) is 0 Å². The highest BCUT2D eigenvalue weighted by atomic mass is 15.0. The summed E-state index contributed by atoms with van der Waals surface area (Å²) in [6, 6.07) is 10.3. The highest BCUT2D eigenvalue weighted by molar-refractivity contribution is 5.78. The van der Waals surface area contributed by atoms with E-state index in [2.05, 4.69) is 36.2 Å². The third kappa shape index (κ3) is 3.19. The number of rotatable bonds is 4. The zero-order valence-corrected chi connectivity index (χ0v) is 11.8. The molecule has 102 valence electrons. The third-order valence-electron chi connectivity index (χ3n) is 4.02. The summed E-state index contributed by atoms with van der Waals surface area (Å²) in [5, 5.41) is 3.11. The first-order valence-corrected chi connectivity index (χ1v) is 7.16. The molecule has 0 aliphatic heterocycles. The highest BCUT2D eigenvalue weighted by Crippen LogP contribution is 2.37. The molecule has 0 heterocycles. The highest BCUT2D eigenvalue weighted by Gasteiger charge is 2.22. The van der Waals surface area contributed by atoms with Crippen molar-refractivity contribution in [3.63, 3.8) is 0 Å². The standard InChI is InChI=1S/C17H24N2/c1-13(14-9-5-3-6-10-14)16(17(18)19-2)15-11-7-4-8-12-15/h3,5-6,9-10,15,19H,1,4,7-8,11-12,18H2,2H3/b17-16+. The number of hydrogen-bond donors (Lipinski definition) is 2. The van der Waals surface area contributed by atoms with Gasteiger partial charge in [0.1, 0.15) is 0 Å². The van der Waals surface area contributed by atoms with Crippen molar-refractivity contribution >= 4 is 5.57 Å². The molecule has 1 fully saturated rings. The van der Waals surface area contributed by atoms with E-state index < -0.39 is 0 Å². The SMILES string of the molecule is C=C(/C(=C(/N)NC)C1CCCCC1)c1ccccc1. The maximum atomic E-state index is 6.19. The summed E-state index contributed by atoms with van der Waals surface area (Å²) in [6.07, 6.45) is 6.40. The molecule has 0 aromatic heterocycles. The minimum Gasteiger partial charge on any atom is -0.385 e. The number of hydrogen-bond acceptors (Lipinski definition) is 2. The summed E-state index contributed by atoms with van der Waals surface area (Å²) in [6.45, 7) is 4.29. The van der Waals surface area contributed by atoms with Gasteiger partial charge in [0.05, 0.1) is 5.82 Å². The second-order valence-electron chi connectivity index (χ2n) is 5.26. The molecule has 1 aliphatic rings. The van der Waals surface area contributed by atoms with Gasteiger partial charge in [0.25, 0.3) is 0 Å². The fourth-order valence-electron chi connectivity index (χ4n) is 2.95. The summed E-state index contributed by atoms with van der Waals surface area (Å²) in [7, 11) is 1.89. The monoisotopic (exact) mass is 256 g/mol. The summed E-state index contributed by atoms with van der Waals surface area (Å²) in [5.41, 5.74) is 9.65. The number of benzene rings is 1. The molecule has 2 rings (SSSR count). The van der Waals surface area contributed by atoms with Crippen molar-refractivity contribution in [1.29, 1.82) is 0 Å². The molecule has 3 N–H and O–H groups in total. The Morgan fingerprint density at radius 2 is 1.79 bits per heavy atom. The van der Waals surface area contributed by atoms with Crippen LogP contribution in [0.15, 0.2) is 48.3 Å². The number of nitrogens with two attached hydrogens (primary N) is 1. The quantitative estimate of drug-likeness (QED) is 0.807. The fourth-order valence-corrected chi connectivity index (χ4v) is 2.95. The van der Waals surface area contributed by atoms with E-state index in [-0.39, 0.29) is 0 Å². The zero-order valence-electron chi connectivity index (χ0n) is 11.8. The Kier molecular flexibility index (Phi) is 4.67. The number of nitrogens with one attached hydrogen (secondary N) is 1. The Morgan fingerprint density at radius 3 is 2.37 bits per heavy atom. The molecule has 0 unspecified atom stereocenters. The number of allylic oxidation sites excluding steroid dienone is 2. The van der Waals surface area contributed by atoms with Crippen molar-refractivity contribution in [3.8, 4) is 0 Å². The van der Waals surface area contributed by atoms with Crippen molar-refractivity contribution in [2.24, 2.45) is 11.7 Å². The van der Waals surface area contributed by atoms with Crippen LogP contribution in [0.1, 0.15) is 37.7 Å². The van der Waals surface area contributed by atoms with E-state index in [1.807, 2.05) is 13.1 Å². The maximum Gasteiger partial charge on any atom is 0.0999 e. The molecule has 0 bridgehead atoms. The minimum absolute atomic E-state index is 0.550. The molecule has 0 spiro atoms. The van der Waals surface area contributed by atoms with Crippen LogP contribution in [0.4, 0.5) is 0 Å². The molecule has 19 heavy (non-hydrogen) atoms. The Labute approximate surface area is 116 Å². The second-order valence-corrected chi connectivity index (χ2v) is 5.26. The van der Waals surface area contributed by atoms with E-state index >= 15 is 0 Å². The molecular weight excluding hydrogens is 232 g/mol. The molecule has 1 saturated carbocycles. The van der Waals surface area contributed by atoms with E-state index in [0.29, 0.717) is 5.92 Å². The molecule has 0 amide bonds. The average molecular weight is 256 g/mol. The van der Waals surface area contributed by atoms with E-state index in [9.17, 15) is 0 Å². The van der Waals surface area contributed by atoms with Crippen molar-refractivity contribution < 1.29 is 0 Å². The molecule has 1 aliphatic carbocycles. The van der Waals surface area contributed by atoms with Crippen LogP contribution in [0.2, 0.25) is 0 Å². The summed E-state index contributed by atoms with van der Waals surface area (Å²) in [5.74, 6) is 1.33. The molecule has 0 radical (unpaired) electrons. The molecule has 0 saturated heterocycles. The smallest absolute Gasteiger partial charge is 0.0999 e. The van der Waals surface area contributed by atoms with Gasteiger partial charge in [-0.1, -0.05) is 56.2 Å².